The minimum Gasteiger partial charge on any atom is -0.497 e. The van der Waals surface area contributed by atoms with Crippen LogP contribution in [0, 0.1) is 0 Å². The molecule has 0 atom stereocenters. The van der Waals surface area contributed by atoms with Crippen LogP contribution in [0.1, 0.15) is 22.3 Å². The average Bonchev–Trinajstić information content (AvgIpc) is 3.08. The van der Waals surface area contributed by atoms with Crippen molar-refractivity contribution in [2.45, 2.75) is 13.0 Å². The van der Waals surface area contributed by atoms with Crippen molar-refractivity contribution in [3.8, 4) is 17.0 Å². The van der Waals surface area contributed by atoms with Crippen molar-refractivity contribution in [2.75, 3.05) is 40.0 Å². The molecule has 1 fully saturated rings. The second-order valence-corrected chi connectivity index (χ2v) is 7.77. The minimum absolute atomic E-state index is 0.0391. The molecule has 1 aromatic heterocycles. The molecule has 154 valence electrons. The molecule has 0 amide bonds. The number of carbonyl (C=O) groups is 1. The number of methoxy groups -OCH3 is 1. The highest BCUT2D eigenvalue weighted by Gasteiger charge is 2.32. The molecule has 0 radical (unpaired) electrons. The van der Waals surface area contributed by atoms with Gasteiger partial charge in [0.2, 0.25) is 0 Å². The molecule has 0 saturated carbocycles. The van der Waals surface area contributed by atoms with E-state index in [0.29, 0.717) is 28.8 Å². The van der Waals surface area contributed by atoms with Gasteiger partial charge in [-0.3, -0.25) is 14.5 Å². The number of morpholine rings is 1. The number of nitrogens with zero attached hydrogens (tertiary/aromatic N) is 2. The zero-order valence-electron chi connectivity index (χ0n) is 17.0. The van der Waals surface area contributed by atoms with Crippen LogP contribution in [-0.2, 0) is 11.3 Å². The maximum absolute atomic E-state index is 13.4. The predicted octanol–water partition coefficient (Wildman–Crippen LogP) is 2.94. The molecule has 0 unspecified atom stereocenters. The van der Waals surface area contributed by atoms with Gasteiger partial charge in [-0.2, -0.15) is 0 Å². The van der Waals surface area contributed by atoms with E-state index in [1.807, 2.05) is 36.4 Å². The molecular weight excluding hydrogens is 380 g/mol. The maximum Gasteiger partial charge on any atom is 0.258 e. The van der Waals surface area contributed by atoms with Crippen LogP contribution in [0.4, 0.5) is 0 Å². The van der Waals surface area contributed by atoms with Gasteiger partial charge in [-0.25, -0.2) is 0 Å². The molecule has 2 aliphatic rings. The Bertz CT molecular complexity index is 1190. The number of hydrogen-bond donors (Lipinski definition) is 0. The highest BCUT2D eigenvalue weighted by molar-refractivity contribution is 6.26. The van der Waals surface area contributed by atoms with Gasteiger partial charge in [0.25, 0.3) is 5.56 Å². The quantitative estimate of drug-likeness (QED) is 0.512. The predicted molar refractivity (Wildman–Crippen MR) is 116 cm³/mol. The number of rotatable bonds is 5. The van der Waals surface area contributed by atoms with E-state index in [0.717, 1.165) is 55.9 Å². The third kappa shape index (κ3) is 3.04. The lowest BCUT2D eigenvalue weighted by Gasteiger charge is -2.26. The van der Waals surface area contributed by atoms with Gasteiger partial charge in [0.1, 0.15) is 5.75 Å². The number of ketones is 1. The summed E-state index contributed by atoms with van der Waals surface area (Å²) in [6.45, 7) is 4.84. The van der Waals surface area contributed by atoms with Crippen molar-refractivity contribution in [1.82, 2.24) is 9.47 Å². The SMILES string of the molecule is COc1ccc2c(c1)C(=O)c1c-2n(CCCN2CCOCC2)c(=O)c2ccccc12. The Morgan fingerprint density at radius 1 is 0.967 bits per heavy atom. The molecule has 1 aliphatic heterocycles. The summed E-state index contributed by atoms with van der Waals surface area (Å²) in [4.78, 5) is 29.1. The van der Waals surface area contributed by atoms with Crippen LogP contribution in [0.3, 0.4) is 0 Å². The maximum atomic E-state index is 13.4. The second kappa shape index (κ2) is 7.70. The third-order valence-electron chi connectivity index (χ3n) is 6.09. The van der Waals surface area contributed by atoms with Crippen molar-refractivity contribution in [2.24, 2.45) is 0 Å². The average molecular weight is 404 g/mol. The van der Waals surface area contributed by atoms with Gasteiger partial charge in [-0.05, 0) is 30.7 Å². The fourth-order valence-corrected chi connectivity index (χ4v) is 4.58. The summed E-state index contributed by atoms with van der Waals surface area (Å²) in [5, 5.41) is 1.32. The summed E-state index contributed by atoms with van der Waals surface area (Å²) >= 11 is 0. The molecule has 2 heterocycles. The summed E-state index contributed by atoms with van der Waals surface area (Å²) in [7, 11) is 1.59. The van der Waals surface area contributed by atoms with E-state index in [-0.39, 0.29) is 11.3 Å². The number of ether oxygens (including phenoxy) is 2. The third-order valence-corrected chi connectivity index (χ3v) is 6.09. The van der Waals surface area contributed by atoms with Crippen LogP contribution >= 0.6 is 0 Å². The number of pyridine rings is 1. The normalized spacial score (nSPS) is 16.0. The summed E-state index contributed by atoms with van der Waals surface area (Å²) in [5.74, 6) is 0.595. The first kappa shape index (κ1) is 19.0. The lowest BCUT2D eigenvalue weighted by molar-refractivity contribution is 0.0369. The highest BCUT2D eigenvalue weighted by Crippen LogP contribution is 2.40. The van der Waals surface area contributed by atoms with Gasteiger partial charge in [0.15, 0.2) is 5.78 Å². The molecule has 30 heavy (non-hydrogen) atoms. The second-order valence-electron chi connectivity index (χ2n) is 7.77. The van der Waals surface area contributed by atoms with E-state index in [2.05, 4.69) is 4.90 Å². The van der Waals surface area contributed by atoms with E-state index < -0.39 is 0 Å². The Morgan fingerprint density at radius 2 is 1.73 bits per heavy atom. The minimum atomic E-state index is -0.0444. The Kier molecular flexibility index (Phi) is 4.89. The van der Waals surface area contributed by atoms with E-state index in [1.54, 1.807) is 17.7 Å². The number of hydrogen-bond acceptors (Lipinski definition) is 5. The summed E-state index contributed by atoms with van der Waals surface area (Å²) in [6, 6.07) is 12.9. The molecule has 3 aromatic rings. The number of aromatic nitrogens is 1. The van der Waals surface area contributed by atoms with Crippen molar-refractivity contribution >= 4 is 16.6 Å². The molecule has 2 aromatic carbocycles. The number of carbonyl (C=O) groups excluding carboxylic acids is 1. The topological polar surface area (TPSA) is 60.8 Å². The summed E-state index contributed by atoms with van der Waals surface area (Å²) in [5.41, 5.74) is 2.73. The summed E-state index contributed by atoms with van der Waals surface area (Å²) < 4.78 is 12.5. The Balaban J connectivity index is 1.61. The van der Waals surface area contributed by atoms with Gasteiger partial charge >= 0.3 is 0 Å². The lowest BCUT2D eigenvalue weighted by atomic mass is 10.0. The first-order valence-corrected chi connectivity index (χ1v) is 10.4. The molecule has 0 spiro atoms. The lowest BCUT2D eigenvalue weighted by Crippen LogP contribution is -2.37. The van der Waals surface area contributed by atoms with E-state index in [9.17, 15) is 9.59 Å². The van der Waals surface area contributed by atoms with Crippen LogP contribution in [0.5, 0.6) is 5.75 Å². The molecular formula is C24H24N2O4. The van der Waals surface area contributed by atoms with Gasteiger partial charge in [0.05, 0.1) is 31.6 Å². The monoisotopic (exact) mass is 404 g/mol. The molecule has 0 N–H and O–H groups in total. The number of fused-ring (bicyclic) bond motifs is 5. The zero-order valence-corrected chi connectivity index (χ0v) is 17.0. The van der Waals surface area contributed by atoms with E-state index in [1.165, 1.54) is 0 Å². The van der Waals surface area contributed by atoms with Crippen molar-refractivity contribution < 1.29 is 14.3 Å². The first-order valence-electron chi connectivity index (χ1n) is 10.4. The van der Waals surface area contributed by atoms with Gasteiger partial charge in [-0.15, -0.1) is 0 Å². The van der Waals surface area contributed by atoms with Gasteiger partial charge in [0, 0.05) is 48.1 Å². The highest BCUT2D eigenvalue weighted by atomic mass is 16.5. The van der Waals surface area contributed by atoms with Crippen molar-refractivity contribution in [1.29, 1.82) is 0 Å². The van der Waals surface area contributed by atoms with Crippen LogP contribution in [0.25, 0.3) is 22.0 Å². The van der Waals surface area contributed by atoms with Gasteiger partial charge in [-0.1, -0.05) is 18.2 Å². The Hall–Kier alpha value is -2.96. The van der Waals surface area contributed by atoms with Gasteiger partial charge < -0.3 is 14.0 Å². The molecule has 1 aliphatic carbocycles. The molecule has 6 nitrogen and oxygen atoms in total. The Labute approximate surface area is 174 Å². The van der Waals surface area contributed by atoms with Crippen molar-refractivity contribution in [3.63, 3.8) is 0 Å². The zero-order chi connectivity index (χ0) is 20.7. The first-order chi connectivity index (χ1) is 14.7. The Morgan fingerprint density at radius 3 is 2.50 bits per heavy atom. The molecule has 1 saturated heterocycles. The van der Waals surface area contributed by atoms with E-state index >= 15 is 0 Å². The fourth-order valence-electron chi connectivity index (χ4n) is 4.58. The largest absolute Gasteiger partial charge is 0.497 e. The molecule has 0 bridgehead atoms. The molecule has 6 heteroatoms. The van der Waals surface area contributed by atoms with Crippen LogP contribution in [0.2, 0.25) is 0 Å². The molecule has 5 rings (SSSR count). The smallest absolute Gasteiger partial charge is 0.258 e. The fraction of sp³-hybridized carbons (Fsp3) is 0.333. The van der Waals surface area contributed by atoms with E-state index in [4.69, 9.17) is 9.47 Å². The number of benzene rings is 2. The summed E-state index contributed by atoms with van der Waals surface area (Å²) in [6.07, 6.45) is 0.838. The van der Waals surface area contributed by atoms with Crippen LogP contribution in [-0.4, -0.2) is 55.2 Å². The standard InChI is InChI=1S/C24H24N2O4/c1-29-16-7-8-18-20(15-16)23(27)21-17-5-2-3-6-19(17)24(28)26(22(18)21)10-4-9-25-11-13-30-14-12-25/h2-3,5-8,15H,4,9-14H2,1H3. The van der Waals surface area contributed by atoms with Crippen LogP contribution in [0.15, 0.2) is 47.3 Å². The van der Waals surface area contributed by atoms with Crippen LogP contribution < -0.4 is 10.3 Å². The van der Waals surface area contributed by atoms with Crippen molar-refractivity contribution in [3.05, 3.63) is 63.9 Å².